The molecule has 0 aliphatic carbocycles. The zero-order chi connectivity index (χ0) is 45.4. The van der Waals surface area contributed by atoms with E-state index in [1.807, 2.05) is 60.7 Å². The van der Waals surface area contributed by atoms with Crippen LogP contribution in [0, 0.1) is 5.82 Å². The van der Waals surface area contributed by atoms with E-state index in [1.54, 1.807) is 25.4 Å². The van der Waals surface area contributed by atoms with Crippen molar-refractivity contribution < 1.29 is 36.5 Å². The second kappa shape index (κ2) is 23.3. The summed E-state index contributed by atoms with van der Waals surface area (Å²) >= 11 is 5.56. The van der Waals surface area contributed by atoms with Crippen molar-refractivity contribution in [3.8, 4) is 5.75 Å². The predicted molar refractivity (Wildman–Crippen MR) is 243 cm³/mol. The van der Waals surface area contributed by atoms with Gasteiger partial charge in [0.25, 0.3) is 0 Å². The standard InChI is InChI=1S/C16H16F3N3O.C16H19N3O2.C15H15ClFN3O/c17-16(18,19)13-2-1-7-21-15(13)22-12-5-3-11(4-6-12)14-10-20-8-9-23-14;1-20-14-6-7-18-16(10-14)19-13-4-2-12(3-5-13)15-11-17-8-9-21-15;16-15-13(17)7-12(8-19-15)20-11-3-1-10(2-4-11)14-9-18-5-6-21-14/h1-7,14,20H,8-10H2,(H,21,22);2-7,10,15,17H,8-9,11H2,1H3,(H,18,19);1-4,7-8,14,18,20H,5-6,9H2/t14-;15-;14-/m111/s1. The van der Waals surface area contributed by atoms with Gasteiger partial charge in [-0.25, -0.2) is 19.3 Å². The average molecular weight is 916 g/mol. The highest BCUT2D eigenvalue weighted by Crippen LogP contribution is 2.35. The molecule has 3 fully saturated rings. The third-order valence-electron chi connectivity index (χ3n) is 10.3. The number of hydrogen-bond acceptors (Lipinski definition) is 13. The van der Waals surface area contributed by atoms with Gasteiger partial charge in [-0.2, -0.15) is 13.2 Å². The third kappa shape index (κ3) is 14.0. The minimum atomic E-state index is -4.45. The Balaban J connectivity index is 0.000000146. The molecule has 342 valence electrons. The molecule has 6 heterocycles. The fourth-order valence-corrected chi connectivity index (χ4v) is 7.07. The van der Waals surface area contributed by atoms with Crippen LogP contribution >= 0.6 is 11.6 Å². The first-order valence-electron chi connectivity index (χ1n) is 21.0. The molecule has 0 radical (unpaired) electrons. The van der Waals surface area contributed by atoms with Crippen LogP contribution in [0.2, 0.25) is 5.15 Å². The first-order chi connectivity index (χ1) is 31.6. The van der Waals surface area contributed by atoms with Crippen LogP contribution in [0.25, 0.3) is 0 Å². The highest BCUT2D eigenvalue weighted by Gasteiger charge is 2.34. The maximum absolute atomic E-state index is 13.3. The lowest BCUT2D eigenvalue weighted by molar-refractivity contribution is -0.137. The lowest BCUT2D eigenvalue weighted by Gasteiger charge is -2.24. The van der Waals surface area contributed by atoms with Gasteiger partial charge in [0.1, 0.15) is 17.4 Å². The quantitative estimate of drug-likeness (QED) is 0.0574. The van der Waals surface area contributed by atoms with Crippen molar-refractivity contribution in [2.75, 3.05) is 82.1 Å². The fourth-order valence-electron chi connectivity index (χ4n) is 6.96. The van der Waals surface area contributed by atoms with Crippen LogP contribution in [0.4, 0.5) is 51.9 Å². The van der Waals surface area contributed by atoms with Crippen LogP contribution < -0.4 is 36.6 Å². The molecule has 18 heteroatoms. The van der Waals surface area contributed by atoms with Gasteiger partial charge in [-0.3, -0.25) is 0 Å². The van der Waals surface area contributed by atoms with Crippen molar-refractivity contribution in [2.45, 2.75) is 24.5 Å². The maximum atomic E-state index is 13.3. The monoisotopic (exact) mass is 915 g/mol. The maximum Gasteiger partial charge on any atom is 0.419 e. The minimum absolute atomic E-state index is 0.0293. The SMILES string of the molecule is COc1ccnc(Nc2ccc([C@H]3CNCCO3)cc2)c1.FC(F)(F)c1cccnc1Nc1ccc([C@H]2CNCCO2)cc1.Fc1cc(Nc2ccc([C@H]3CNCCO3)cc2)cnc1Cl. The summed E-state index contributed by atoms with van der Waals surface area (Å²) in [7, 11) is 1.64. The molecule has 0 bridgehead atoms. The molecule has 0 amide bonds. The van der Waals surface area contributed by atoms with Crippen molar-refractivity contribution in [2.24, 2.45) is 0 Å². The number of anilines is 6. The molecule has 3 aliphatic rings. The van der Waals surface area contributed by atoms with Gasteiger partial charge in [0, 0.05) is 80.9 Å². The molecular weight excluding hydrogens is 866 g/mol. The summed E-state index contributed by atoms with van der Waals surface area (Å²) in [6.07, 6.45) is 0.291. The number of nitrogens with zero attached hydrogens (tertiary/aromatic N) is 3. The van der Waals surface area contributed by atoms with E-state index in [1.165, 1.54) is 30.1 Å². The number of aromatic nitrogens is 3. The van der Waals surface area contributed by atoms with Gasteiger partial charge in [0.15, 0.2) is 11.0 Å². The first-order valence-corrected chi connectivity index (χ1v) is 21.4. The highest BCUT2D eigenvalue weighted by atomic mass is 35.5. The Labute approximate surface area is 379 Å². The number of alkyl halides is 3. The lowest BCUT2D eigenvalue weighted by Crippen LogP contribution is -2.33. The number of benzene rings is 3. The summed E-state index contributed by atoms with van der Waals surface area (Å²) in [5.74, 6) is 0.798. The number of pyridine rings is 3. The summed E-state index contributed by atoms with van der Waals surface area (Å²) < 4.78 is 74.5. The Morgan fingerprint density at radius 3 is 1.58 bits per heavy atom. The Morgan fingerprint density at radius 2 is 1.12 bits per heavy atom. The molecule has 3 atom stereocenters. The Kier molecular flexibility index (Phi) is 16.9. The Hall–Kier alpha value is -5.92. The van der Waals surface area contributed by atoms with Crippen LogP contribution in [-0.4, -0.2) is 81.2 Å². The van der Waals surface area contributed by atoms with Crippen molar-refractivity contribution in [1.82, 2.24) is 30.9 Å². The van der Waals surface area contributed by atoms with E-state index in [4.69, 9.17) is 30.5 Å². The second-order valence-corrected chi connectivity index (χ2v) is 15.3. The number of ether oxygens (including phenoxy) is 4. The molecule has 6 N–H and O–H groups in total. The van der Waals surface area contributed by atoms with Gasteiger partial charge in [0.05, 0.1) is 62.7 Å². The molecular formula is C47H50ClF4N9O4. The van der Waals surface area contributed by atoms with E-state index in [0.717, 1.165) is 92.6 Å². The van der Waals surface area contributed by atoms with E-state index >= 15 is 0 Å². The summed E-state index contributed by atoms with van der Waals surface area (Å²) in [5, 5.41) is 18.8. The summed E-state index contributed by atoms with van der Waals surface area (Å²) in [6, 6.07) is 30.5. The first kappa shape index (κ1) is 47.1. The van der Waals surface area contributed by atoms with Crippen molar-refractivity contribution in [1.29, 1.82) is 0 Å². The summed E-state index contributed by atoms with van der Waals surface area (Å²) in [4.78, 5) is 11.8. The molecule has 6 aromatic rings. The van der Waals surface area contributed by atoms with Gasteiger partial charge in [-0.15, -0.1) is 0 Å². The number of morpholine rings is 3. The van der Waals surface area contributed by atoms with Gasteiger partial charge in [0.2, 0.25) is 0 Å². The fraction of sp³-hybridized carbons (Fsp3) is 0.298. The number of halogens is 5. The van der Waals surface area contributed by atoms with E-state index in [2.05, 4.69) is 59.0 Å². The smallest absolute Gasteiger partial charge is 0.419 e. The lowest BCUT2D eigenvalue weighted by atomic mass is 10.1. The van der Waals surface area contributed by atoms with Gasteiger partial charge in [-0.05, 0) is 71.3 Å². The minimum Gasteiger partial charge on any atom is -0.497 e. The molecule has 3 aromatic carbocycles. The highest BCUT2D eigenvalue weighted by molar-refractivity contribution is 6.29. The van der Waals surface area contributed by atoms with Crippen LogP contribution in [0.1, 0.15) is 40.6 Å². The normalized spacial score (nSPS) is 18.5. The zero-order valence-corrected chi connectivity index (χ0v) is 36.3. The van der Waals surface area contributed by atoms with E-state index in [9.17, 15) is 17.6 Å². The van der Waals surface area contributed by atoms with Gasteiger partial charge >= 0.3 is 6.18 Å². The number of nitrogens with one attached hydrogen (secondary N) is 6. The van der Waals surface area contributed by atoms with E-state index < -0.39 is 17.6 Å². The molecule has 0 unspecified atom stereocenters. The molecule has 0 saturated carbocycles. The van der Waals surface area contributed by atoms with E-state index in [0.29, 0.717) is 18.0 Å². The summed E-state index contributed by atoms with van der Waals surface area (Å²) in [5.41, 5.74) is 5.44. The number of methoxy groups -OCH3 is 1. The molecule has 3 aliphatic heterocycles. The second-order valence-electron chi connectivity index (χ2n) is 14.9. The summed E-state index contributed by atoms with van der Waals surface area (Å²) in [6.45, 7) is 7.19. The largest absolute Gasteiger partial charge is 0.497 e. The predicted octanol–water partition coefficient (Wildman–Crippen LogP) is 9.28. The molecule has 0 spiro atoms. The van der Waals surface area contributed by atoms with Crippen LogP contribution in [0.15, 0.2) is 122 Å². The van der Waals surface area contributed by atoms with Crippen LogP contribution in [-0.2, 0) is 20.4 Å². The molecule has 3 saturated heterocycles. The molecule has 13 nitrogen and oxygen atoms in total. The molecule has 3 aromatic heterocycles. The van der Waals surface area contributed by atoms with Gasteiger partial charge in [-0.1, -0.05) is 48.0 Å². The van der Waals surface area contributed by atoms with Crippen molar-refractivity contribution in [3.05, 3.63) is 155 Å². The average Bonchev–Trinajstić information content (AvgIpc) is 3.35. The molecule has 65 heavy (non-hydrogen) atoms. The van der Waals surface area contributed by atoms with Crippen molar-refractivity contribution >= 4 is 46.0 Å². The third-order valence-corrected chi connectivity index (χ3v) is 10.6. The van der Waals surface area contributed by atoms with Crippen LogP contribution in [0.3, 0.4) is 0 Å². The zero-order valence-electron chi connectivity index (χ0n) is 35.5. The number of rotatable bonds is 10. The topological polar surface area (TPSA) is 148 Å². The molecule has 9 rings (SSSR count). The Morgan fingerprint density at radius 1 is 0.615 bits per heavy atom. The van der Waals surface area contributed by atoms with Gasteiger partial charge < -0.3 is 50.8 Å². The Bertz CT molecular complexity index is 2380. The number of hydrogen-bond donors (Lipinski definition) is 6. The van der Waals surface area contributed by atoms with Crippen molar-refractivity contribution in [3.63, 3.8) is 0 Å². The van der Waals surface area contributed by atoms with Crippen LogP contribution in [0.5, 0.6) is 5.75 Å². The van der Waals surface area contributed by atoms with E-state index in [-0.39, 0.29) is 29.3 Å².